The van der Waals surface area contributed by atoms with Crippen molar-refractivity contribution in [2.75, 3.05) is 17.9 Å². The van der Waals surface area contributed by atoms with E-state index < -0.39 is 28.5 Å². The van der Waals surface area contributed by atoms with Gasteiger partial charge in [-0.2, -0.15) is 0 Å². The highest BCUT2D eigenvalue weighted by atomic mass is 35.5. The number of amides is 2. The summed E-state index contributed by atoms with van der Waals surface area (Å²) < 4.78 is 28.7. The number of benzene rings is 3. The number of nitrogens with zero attached hydrogens (tertiary/aromatic N) is 2. The zero-order chi connectivity index (χ0) is 27.3. The summed E-state index contributed by atoms with van der Waals surface area (Å²) in [5.74, 6) is -0.935. The van der Waals surface area contributed by atoms with Crippen molar-refractivity contribution in [3.8, 4) is 0 Å². The summed E-state index contributed by atoms with van der Waals surface area (Å²) in [5.41, 5.74) is 2.53. The van der Waals surface area contributed by atoms with Gasteiger partial charge in [-0.3, -0.25) is 13.9 Å². The second-order valence-electron chi connectivity index (χ2n) is 8.69. The summed E-state index contributed by atoms with van der Waals surface area (Å²) >= 11 is 12.2. The van der Waals surface area contributed by atoms with Crippen molar-refractivity contribution in [3.05, 3.63) is 93.5 Å². The van der Waals surface area contributed by atoms with Crippen LogP contribution in [0.15, 0.2) is 71.6 Å². The molecule has 0 aliphatic heterocycles. The first-order chi connectivity index (χ1) is 17.4. The molecule has 10 heteroatoms. The molecule has 0 unspecified atom stereocenters. The minimum absolute atomic E-state index is 0.0360. The smallest absolute Gasteiger partial charge is 0.264 e. The number of hydrogen-bond donors (Lipinski definition) is 1. The number of halogens is 2. The maximum absolute atomic E-state index is 13.8. The molecule has 0 spiro atoms. The first-order valence-electron chi connectivity index (χ1n) is 11.5. The van der Waals surface area contributed by atoms with Crippen molar-refractivity contribution >= 4 is 50.7 Å². The molecule has 37 heavy (non-hydrogen) atoms. The number of sulfonamides is 1. The van der Waals surface area contributed by atoms with Gasteiger partial charge >= 0.3 is 0 Å². The second-order valence-corrected chi connectivity index (χ2v) is 11.4. The minimum atomic E-state index is -4.16. The van der Waals surface area contributed by atoms with Gasteiger partial charge in [-0.15, -0.1) is 0 Å². The molecular formula is C27H29Cl2N3O4S. The summed E-state index contributed by atoms with van der Waals surface area (Å²) in [5, 5.41) is 3.42. The Morgan fingerprint density at radius 2 is 1.51 bits per heavy atom. The molecule has 0 saturated carbocycles. The molecule has 0 aromatic heterocycles. The van der Waals surface area contributed by atoms with Gasteiger partial charge in [0.2, 0.25) is 11.8 Å². The van der Waals surface area contributed by atoms with Crippen molar-refractivity contribution in [2.45, 2.75) is 38.3 Å². The van der Waals surface area contributed by atoms with Crippen LogP contribution < -0.4 is 9.62 Å². The fraction of sp³-hybridized carbons (Fsp3) is 0.259. The molecule has 0 heterocycles. The van der Waals surface area contributed by atoms with Gasteiger partial charge in [-0.25, -0.2) is 8.42 Å². The van der Waals surface area contributed by atoms with Crippen LogP contribution in [0.3, 0.4) is 0 Å². The summed E-state index contributed by atoms with van der Waals surface area (Å²) in [6, 6.07) is 17.3. The molecule has 7 nitrogen and oxygen atoms in total. The number of carbonyl (C=O) groups is 2. The highest BCUT2D eigenvalue weighted by molar-refractivity contribution is 7.92. The van der Waals surface area contributed by atoms with Gasteiger partial charge in [0.05, 0.1) is 10.6 Å². The van der Waals surface area contributed by atoms with E-state index in [1.165, 1.54) is 30.1 Å². The molecule has 0 aliphatic rings. The predicted octanol–water partition coefficient (Wildman–Crippen LogP) is 4.97. The Morgan fingerprint density at radius 1 is 0.919 bits per heavy atom. The molecule has 0 bridgehead atoms. The summed E-state index contributed by atoms with van der Waals surface area (Å²) in [6.45, 7) is 4.74. The van der Waals surface area contributed by atoms with E-state index >= 15 is 0 Å². The number of hydrogen-bond acceptors (Lipinski definition) is 4. The van der Waals surface area contributed by atoms with E-state index in [0.29, 0.717) is 15.6 Å². The van der Waals surface area contributed by atoms with E-state index in [2.05, 4.69) is 5.32 Å². The van der Waals surface area contributed by atoms with Crippen LogP contribution in [0.4, 0.5) is 5.69 Å². The maximum Gasteiger partial charge on any atom is 0.264 e. The van der Waals surface area contributed by atoms with Crippen molar-refractivity contribution in [2.24, 2.45) is 0 Å². The molecule has 0 aliphatic carbocycles. The Morgan fingerprint density at radius 3 is 2.11 bits per heavy atom. The topological polar surface area (TPSA) is 86.8 Å². The fourth-order valence-electron chi connectivity index (χ4n) is 3.78. The molecule has 3 aromatic rings. The van der Waals surface area contributed by atoms with E-state index in [4.69, 9.17) is 23.2 Å². The van der Waals surface area contributed by atoms with Crippen LogP contribution in [-0.4, -0.2) is 44.8 Å². The number of carbonyl (C=O) groups excluding carboxylic acids is 2. The fourth-order valence-corrected chi connectivity index (χ4v) is 5.54. The third-order valence-electron chi connectivity index (χ3n) is 6.01. The number of likely N-dealkylation sites (N-methyl/N-ethyl adjacent to an activating group) is 1. The Bertz CT molecular complexity index is 1380. The zero-order valence-corrected chi connectivity index (χ0v) is 23.4. The van der Waals surface area contributed by atoms with Crippen molar-refractivity contribution < 1.29 is 18.0 Å². The summed E-state index contributed by atoms with van der Waals surface area (Å²) in [7, 11) is -2.68. The largest absolute Gasteiger partial charge is 0.357 e. The Balaban J connectivity index is 2.07. The Labute approximate surface area is 228 Å². The van der Waals surface area contributed by atoms with Gasteiger partial charge in [0.25, 0.3) is 10.0 Å². The van der Waals surface area contributed by atoms with Gasteiger partial charge in [0.1, 0.15) is 12.6 Å². The lowest BCUT2D eigenvalue weighted by Gasteiger charge is -2.32. The quantitative estimate of drug-likeness (QED) is 0.399. The van der Waals surface area contributed by atoms with E-state index in [1.807, 2.05) is 6.92 Å². The van der Waals surface area contributed by atoms with Gasteiger partial charge in [0.15, 0.2) is 0 Å². The molecular weight excluding hydrogens is 533 g/mol. The minimum Gasteiger partial charge on any atom is -0.357 e. The van der Waals surface area contributed by atoms with Crippen LogP contribution in [0.2, 0.25) is 10.0 Å². The normalized spacial score (nSPS) is 12.1. The van der Waals surface area contributed by atoms with Crippen molar-refractivity contribution in [1.29, 1.82) is 0 Å². The average molecular weight is 563 g/mol. The number of anilines is 1. The van der Waals surface area contributed by atoms with Gasteiger partial charge in [-0.1, -0.05) is 59.1 Å². The third-order valence-corrected chi connectivity index (χ3v) is 8.27. The third kappa shape index (κ3) is 6.83. The monoisotopic (exact) mass is 561 g/mol. The van der Waals surface area contributed by atoms with Gasteiger partial charge < -0.3 is 10.2 Å². The molecule has 196 valence electrons. The highest BCUT2D eigenvalue weighted by Gasteiger charge is 2.33. The van der Waals surface area contributed by atoms with E-state index in [9.17, 15) is 18.0 Å². The lowest BCUT2D eigenvalue weighted by Crippen LogP contribution is -2.50. The molecule has 0 fully saturated rings. The summed E-state index contributed by atoms with van der Waals surface area (Å²) in [4.78, 5) is 27.7. The van der Waals surface area contributed by atoms with Crippen molar-refractivity contribution in [1.82, 2.24) is 10.2 Å². The number of rotatable bonds is 9. The van der Waals surface area contributed by atoms with E-state index in [-0.39, 0.29) is 23.0 Å². The van der Waals surface area contributed by atoms with Crippen LogP contribution in [0.5, 0.6) is 0 Å². The standard InChI is InChI=1S/C27H29Cl2N3O4S/c1-18-5-13-24(14-6-18)37(35,36)32(25-15-23(29)10-7-19(25)2)17-26(33)31(20(3)27(34)30-4)16-21-8-11-22(28)12-9-21/h5-15,20H,16-17H2,1-4H3,(H,30,34)/t20-/m0/s1. The highest BCUT2D eigenvalue weighted by Crippen LogP contribution is 2.30. The SMILES string of the molecule is CNC(=O)[C@H](C)N(Cc1ccc(Cl)cc1)C(=O)CN(c1cc(Cl)ccc1C)S(=O)(=O)c1ccc(C)cc1. The first kappa shape index (κ1) is 28.5. The first-order valence-corrected chi connectivity index (χ1v) is 13.7. The Hall–Kier alpha value is -3.07. The van der Waals surface area contributed by atoms with Crippen LogP contribution in [-0.2, 0) is 26.2 Å². The second kappa shape index (κ2) is 12.0. The van der Waals surface area contributed by atoms with Crippen LogP contribution >= 0.6 is 23.2 Å². The number of aryl methyl sites for hydroxylation is 2. The van der Waals surface area contributed by atoms with E-state index in [1.54, 1.807) is 62.4 Å². The van der Waals surface area contributed by atoms with Gasteiger partial charge in [-0.05, 0) is 68.3 Å². The van der Waals surface area contributed by atoms with Crippen LogP contribution in [0.25, 0.3) is 0 Å². The molecule has 0 saturated heterocycles. The zero-order valence-electron chi connectivity index (χ0n) is 21.0. The molecule has 3 rings (SSSR count). The maximum atomic E-state index is 13.8. The predicted molar refractivity (Wildman–Crippen MR) is 147 cm³/mol. The summed E-state index contributed by atoms with van der Waals surface area (Å²) in [6.07, 6.45) is 0. The van der Waals surface area contributed by atoms with Crippen LogP contribution in [0, 0.1) is 13.8 Å². The van der Waals surface area contributed by atoms with Crippen LogP contribution in [0.1, 0.15) is 23.6 Å². The molecule has 2 amide bonds. The van der Waals surface area contributed by atoms with E-state index in [0.717, 1.165) is 15.4 Å². The Kier molecular flexibility index (Phi) is 9.23. The molecule has 1 atom stereocenters. The average Bonchev–Trinajstić information content (AvgIpc) is 2.87. The van der Waals surface area contributed by atoms with Crippen molar-refractivity contribution in [3.63, 3.8) is 0 Å². The molecule has 3 aromatic carbocycles. The lowest BCUT2D eigenvalue weighted by atomic mass is 10.1. The number of nitrogens with one attached hydrogen (secondary N) is 1. The molecule has 1 N–H and O–H groups in total. The lowest BCUT2D eigenvalue weighted by molar-refractivity contribution is -0.139. The van der Waals surface area contributed by atoms with Gasteiger partial charge in [0, 0.05) is 23.6 Å². The molecule has 0 radical (unpaired) electrons.